The third-order valence-corrected chi connectivity index (χ3v) is 2.93. The molecule has 0 aliphatic rings. The molecule has 1 rings (SSSR count). The number of hydrogen-bond acceptors (Lipinski definition) is 4. The van der Waals surface area contributed by atoms with Gasteiger partial charge in [-0.25, -0.2) is 4.79 Å². The molecule has 1 unspecified atom stereocenters. The molecule has 6 heteroatoms. The molecule has 5 nitrogen and oxygen atoms in total. The highest BCUT2D eigenvalue weighted by atomic mass is 79.9. The summed E-state index contributed by atoms with van der Waals surface area (Å²) in [5.74, 6) is 0.00433. The summed E-state index contributed by atoms with van der Waals surface area (Å²) < 4.78 is 10.5. The van der Waals surface area contributed by atoms with Crippen molar-refractivity contribution in [1.82, 2.24) is 5.32 Å². The third-order valence-electron chi connectivity index (χ3n) is 2.50. The lowest BCUT2D eigenvalue weighted by Gasteiger charge is -2.17. The molecule has 1 heterocycles. The van der Waals surface area contributed by atoms with Gasteiger partial charge in [-0.1, -0.05) is 13.8 Å². The molecule has 0 fully saturated rings. The maximum absolute atomic E-state index is 11.8. The Morgan fingerprint density at radius 2 is 2.15 bits per heavy atom. The lowest BCUT2D eigenvalue weighted by Crippen LogP contribution is -2.41. The lowest BCUT2D eigenvalue weighted by molar-refractivity contribution is -0.145. The first-order chi connectivity index (χ1) is 9.42. The van der Waals surface area contributed by atoms with Crippen molar-refractivity contribution in [1.29, 1.82) is 0 Å². The summed E-state index contributed by atoms with van der Waals surface area (Å²) in [6.45, 7) is 3.94. The molecule has 0 saturated heterocycles. The monoisotopic (exact) mass is 343 g/mol. The van der Waals surface area contributed by atoms with Gasteiger partial charge in [0, 0.05) is 6.08 Å². The van der Waals surface area contributed by atoms with E-state index in [1.165, 1.54) is 19.3 Å². The van der Waals surface area contributed by atoms with E-state index < -0.39 is 12.0 Å². The molecule has 0 aliphatic carbocycles. The molecule has 0 saturated carbocycles. The van der Waals surface area contributed by atoms with Crippen LogP contribution in [0.1, 0.15) is 26.0 Å². The summed E-state index contributed by atoms with van der Waals surface area (Å²) in [5.41, 5.74) is 0. The average Bonchev–Trinajstić information content (AvgIpc) is 2.80. The molecule has 0 bridgehead atoms. The number of nitrogens with one attached hydrogen (secondary N) is 1. The first-order valence-corrected chi connectivity index (χ1v) is 7.03. The minimum Gasteiger partial charge on any atom is -0.467 e. The van der Waals surface area contributed by atoms with Crippen LogP contribution in [-0.2, 0) is 14.3 Å². The molecule has 0 aliphatic heterocycles. The second-order valence-electron chi connectivity index (χ2n) is 4.69. The smallest absolute Gasteiger partial charge is 0.328 e. The molecule has 0 spiro atoms. The first-order valence-electron chi connectivity index (χ1n) is 6.24. The van der Waals surface area contributed by atoms with Crippen LogP contribution in [-0.4, -0.2) is 25.0 Å². The van der Waals surface area contributed by atoms with Crippen molar-refractivity contribution in [3.05, 3.63) is 28.6 Å². The molecule has 1 aromatic rings. The number of ether oxygens (including phenoxy) is 1. The van der Waals surface area contributed by atoms with Gasteiger partial charge >= 0.3 is 5.97 Å². The Morgan fingerprint density at radius 3 is 2.65 bits per heavy atom. The Balaban J connectivity index is 2.61. The van der Waals surface area contributed by atoms with Gasteiger partial charge in [0.05, 0.1) is 7.11 Å². The summed E-state index contributed by atoms with van der Waals surface area (Å²) in [6, 6.07) is 2.81. The maximum atomic E-state index is 11.8. The van der Waals surface area contributed by atoms with E-state index in [2.05, 4.69) is 26.0 Å². The zero-order chi connectivity index (χ0) is 15.1. The summed E-state index contributed by atoms with van der Waals surface area (Å²) >= 11 is 3.17. The van der Waals surface area contributed by atoms with Gasteiger partial charge in [0.15, 0.2) is 4.67 Å². The van der Waals surface area contributed by atoms with Gasteiger partial charge in [0.25, 0.3) is 0 Å². The van der Waals surface area contributed by atoms with Gasteiger partial charge < -0.3 is 14.5 Å². The first kappa shape index (κ1) is 16.5. The summed E-state index contributed by atoms with van der Waals surface area (Å²) in [7, 11) is 1.30. The van der Waals surface area contributed by atoms with Crippen LogP contribution in [0.15, 0.2) is 27.3 Å². The molecule has 0 aromatic carbocycles. The molecule has 1 N–H and O–H groups in total. The van der Waals surface area contributed by atoms with Crippen molar-refractivity contribution in [2.24, 2.45) is 5.92 Å². The van der Waals surface area contributed by atoms with Crippen molar-refractivity contribution in [2.45, 2.75) is 26.3 Å². The van der Waals surface area contributed by atoms with Crippen LogP contribution in [0, 0.1) is 5.92 Å². The van der Waals surface area contributed by atoms with E-state index in [9.17, 15) is 9.59 Å². The van der Waals surface area contributed by atoms with Crippen LogP contribution in [0.4, 0.5) is 0 Å². The minimum absolute atomic E-state index is 0.268. The van der Waals surface area contributed by atoms with Crippen molar-refractivity contribution < 1.29 is 18.7 Å². The van der Waals surface area contributed by atoms with E-state index in [1.54, 1.807) is 12.1 Å². The number of hydrogen-bond donors (Lipinski definition) is 1. The summed E-state index contributed by atoms with van der Waals surface area (Å²) in [4.78, 5) is 23.4. The van der Waals surface area contributed by atoms with E-state index in [0.717, 1.165) is 0 Å². The predicted molar refractivity (Wildman–Crippen MR) is 78.8 cm³/mol. The Kier molecular flexibility index (Phi) is 6.51. The fourth-order valence-corrected chi connectivity index (χ4v) is 1.94. The molecular weight excluding hydrogens is 326 g/mol. The highest BCUT2D eigenvalue weighted by Gasteiger charge is 2.21. The van der Waals surface area contributed by atoms with Crippen LogP contribution in [0.2, 0.25) is 0 Å². The van der Waals surface area contributed by atoms with E-state index in [0.29, 0.717) is 16.9 Å². The van der Waals surface area contributed by atoms with Crippen LogP contribution < -0.4 is 5.32 Å². The van der Waals surface area contributed by atoms with Gasteiger partial charge in [-0.3, -0.25) is 4.79 Å². The fraction of sp³-hybridized carbons (Fsp3) is 0.429. The zero-order valence-electron chi connectivity index (χ0n) is 11.7. The predicted octanol–water partition coefficient (Wildman–Crippen LogP) is 2.76. The van der Waals surface area contributed by atoms with Crippen molar-refractivity contribution in [3.63, 3.8) is 0 Å². The molecule has 1 aromatic heterocycles. The van der Waals surface area contributed by atoms with E-state index in [4.69, 9.17) is 4.42 Å². The lowest BCUT2D eigenvalue weighted by atomic mass is 10.0. The Morgan fingerprint density at radius 1 is 1.45 bits per heavy atom. The number of esters is 1. The van der Waals surface area contributed by atoms with Gasteiger partial charge in [0.2, 0.25) is 5.91 Å². The Hall–Kier alpha value is -1.56. The maximum Gasteiger partial charge on any atom is 0.328 e. The van der Waals surface area contributed by atoms with Gasteiger partial charge in [0.1, 0.15) is 11.8 Å². The largest absolute Gasteiger partial charge is 0.467 e. The number of amides is 1. The Bertz CT molecular complexity index is 493. The number of halogens is 1. The summed E-state index contributed by atoms with van der Waals surface area (Å²) in [5, 5.41) is 2.62. The third kappa shape index (κ3) is 5.61. The number of furan rings is 1. The normalized spacial score (nSPS) is 12.7. The quantitative estimate of drug-likeness (QED) is 0.636. The molecule has 1 atom stereocenters. The van der Waals surface area contributed by atoms with Crippen LogP contribution in [0.3, 0.4) is 0 Å². The second kappa shape index (κ2) is 7.89. The van der Waals surface area contributed by atoms with Gasteiger partial charge in [-0.15, -0.1) is 0 Å². The van der Waals surface area contributed by atoms with Gasteiger partial charge in [-0.05, 0) is 46.5 Å². The standard InChI is InChI=1S/C14H18BrNO4/c1-9(2)8-11(14(18)19-3)16-13(17)7-5-10-4-6-12(15)20-10/h4-7,9,11H,8H2,1-3H3,(H,16,17)/b7-5+. The van der Waals surface area contributed by atoms with Crippen molar-refractivity contribution in [2.75, 3.05) is 7.11 Å². The second-order valence-corrected chi connectivity index (χ2v) is 5.47. The van der Waals surface area contributed by atoms with Crippen molar-refractivity contribution >= 4 is 33.9 Å². The Labute approximate surface area is 126 Å². The minimum atomic E-state index is -0.638. The van der Waals surface area contributed by atoms with E-state index in [-0.39, 0.29) is 11.8 Å². The zero-order valence-corrected chi connectivity index (χ0v) is 13.3. The molecular formula is C14H18BrNO4. The number of carbonyl (C=O) groups excluding carboxylic acids is 2. The SMILES string of the molecule is COC(=O)C(CC(C)C)NC(=O)/C=C/c1ccc(Br)o1. The summed E-state index contributed by atoms with van der Waals surface area (Å²) in [6.07, 6.45) is 3.38. The fourth-order valence-electron chi connectivity index (χ4n) is 1.62. The number of rotatable bonds is 6. The van der Waals surface area contributed by atoms with Crippen LogP contribution in [0.5, 0.6) is 0 Å². The van der Waals surface area contributed by atoms with Crippen LogP contribution in [0.25, 0.3) is 6.08 Å². The number of methoxy groups -OCH3 is 1. The van der Waals surface area contributed by atoms with E-state index >= 15 is 0 Å². The van der Waals surface area contributed by atoms with Gasteiger partial charge in [-0.2, -0.15) is 0 Å². The number of carbonyl (C=O) groups is 2. The average molecular weight is 344 g/mol. The molecule has 110 valence electrons. The highest BCUT2D eigenvalue weighted by molar-refractivity contribution is 9.10. The highest BCUT2D eigenvalue weighted by Crippen LogP contribution is 2.15. The molecule has 1 amide bonds. The van der Waals surface area contributed by atoms with Crippen LogP contribution >= 0.6 is 15.9 Å². The van der Waals surface area contributed by atoms with E-state index in [1.807, 2.05) is 13.8 Å². The molecule has 20 heavy (non-hydrogen) atoms. The van der Waals surface area contributed by atoms with Crippen molar-refractivity contribution in [3.8, 4) is 0 Å². The topological polar surface area (TPSA) is 68.5 Å². The molecule has 0 radical (unpaired) electrons.